The van der Waals surface area contributed by atoms with Crippen molar-refractivity contribution in [1.82, 2.24) is 5.32 Å². The van der Waals surface area contributed by atoms with E-state index in [4.69, 9.17) is 4.42 Å². The summed E-state index contributed by atoms with van der Waals surface area (Å²) >= 11 is 0. The maximum atomic E-state index is 12.1. The van der Waals surface area contributed by atoms with Crippen LogP contribution in [0.15, 0.2) is 40.8 Å². The summed E-state index contributed by atoms with van der Waals surface area (Å²) in [7, 11) is 0. The number of nitrogens with one attached hydrogen (secondary N) is 1. The molecule has 2 rings (SSSR count). The number of hydrogen-bond donors (Lipinski definition) is 2. The third kappa shape index (κ3) is 5.94. The fourth-order valence-electron chi connectivity index (χ4n) is 2.37. The SMILES string of the molecule is Cc1ccc(C(O)CNC(C)CCc2ccc(OC(F)F)cc2)o1. The molecule has 2 aromatic rings. The number of ether oxygens (including phenoxy) is 1. The third-order valence-corrected chi connectivity index (χ3v) is 3.76. The van der Waals surface area contributed by atoms with Crippen LogP contribution in [0.5, 0.6) is 5.75 Å². The predicted octanol–water partition coefficient (Wildman–Crippen LogP) is 3.83. The lowest BCUT2D eigenvalue weighted by Gasteiger charge is -2.16. The Morgan fingerprint density at radius 2 is 1.88 bits per heavy atom. The van der Waals surface area contributed by atoms with Crippen LogP contribution >= 0.6 is 0 Å². The first-order chi connectivity index (χ1) is 11.4. The average molecular weight is 339 g/mol. The molecule has 2 atom stereocenters. The lowest BCUT2D eigenvalue weighted by Crippen LogP contribution is -2.30. The first-order valence-electron chi connectivity index (χ1n) is 7.95. The van der Waals surface area contributed by atoms with Gasteiger partial charge < -0.3 is 19.6 Å². The Balaban J connectivity index is 1.71. The minimum Gasteiger partial charge on any atom is -0.464 e. The molecule has 132 valence electrons. The van der Waals surface area contributed by atoms with Gasteiger partial charge in [0.15, 0.2) is 0 Å². The van der Waals surface area contributed by atoms with E-state index in [-0.39, 0.29) is 11.8 Å². The molecule has 1 aromatic carbocycles. The first kappa shape index (κ1) is 18.4. The number of halogens is 2. The lowest BCUT2D eigenvalue weighted by molar-refractivity contribution is -0.0498. The number of benzene rings is 1. The zero-order chi connectivity index (χ0) is 17.5. The van der Waals surface area contributed by atoms with E-state index in [1.54, 1.807) is 30.3 Å². The number of hydrogen-bond acceptors (Lipinski definition) is 4. The van der Waals surface area contributed by atoms with Gasteiger partial charge in [-0.3, -0.25) is 0 Å². The Hall–Kier alpha value is -1.92. The molecule has 1 heterocycles. The molecular weight excluding hydrogens is 316 g/mol. The summed E-state index contributed by atoms with van der Waals surface area (Å²) in [5.41, 5.74) is 1.05. The molecular formula is C18H23F2NO3. The summed E-state index contributed by atoms with van der Waals surface area (Å²) in [5, 5.41) is 13.3. The van der Waals surface area contributed by atoms with Crippen molar-refractivity contribution >= 4 is 0 Å². The van der Waals surface area contributed by atoms with Crippen LogP contribution in [-0.4, -0.2) is 24.3 Å². The molecule has 0 aliphatic rings. The zero-order valence-electron chi connectivity index (χ0n) is 13.8. The quantitative estimate of drug-likeness (QED) is 0.729. The number of rotatable bonds is 9. The smallest absolute Gasteiger partial charge is 0.387 e. The number of aliphatic hydroxyl groups is 1. The van der Waals surface area contributed by atoms with Crippen molar-refractivity contribution in [3.8, 4) is 5.75 Å². The molecule has 0 aliphatic heterocycles. The number of aliphatic hydroxyl groups excluding tert-OH is 1. The minimum atomic E-state index is -2.80. The van der Waals surface area contributed by atoms with Gasteiger partial charge in [-0.2, -0.15) is 8.78 Å². The van der Waals surface area contributed by atoms with Gasteiger partial charge in [0, 0.05) is 12.6 Å². The van der Waals surface area contributed by atoms with Crippen LogP contribution in [0.1, 0.15) is 36.5 Å². The van der Waals surface area contributed by atoms with E-state index in [1.165, 1.54) is 0 Å². The zero-order valence-corrected chi connectivity index (χ0v) is 13.8. The van der Waals surface area contributed by atoms with Gasteiger partial charge in [0.2, 0.25) is 0 Å². The molecule has 4 nitrogen and oxygen atoms in total. The maximum absolute atomic E-state index is 12.1. The number of furan rings is 1. The summed E-state index contributed by atoms with van der Waals surface area (Å²) in [6.07, 6.45) is 0.991. The molecule has 0 saturated carbocycles. The molecule has 0 fully saturated rings. The molecule has 6 heteroatoms. The van der Waals surface area contributed by atoms with E-state index in [0.717, 1.165) is 24.2 Å². The lowest BCUT2D eigenvalue weighted by atomic mass is 10.1. The second kappa shape index (κ2) is 8.80. The highest BCUT2D eigenvalue weighted by Gasteiger charge is 2.13. The highest BCUT2D eigenvalue weighted by atomic mass is 19.3. The average Bonchev–Trinajstić information content (AvgIpc) is 2.98. The summed E-state index contributed by atoms with van der Waals surface area (Å²) in [6.45, 7) is 1.48. The van der Waals surface area contributed by atoms with Crippen molar-refractivity contribution in [1.29, 1.82) is 0 Å². The van der Waals surface area contributed by atoms with Crippen LogP contribution in [0.2, 0.25) is 0 Å². The molecule has 0 amide bonds. The predicted molar refractivity (Wildman–Crippen MR) is 87.3 cm³/mol. The Kier molecular flexibility index (Phi) is 6.75. The molecule has 0 aliphatic carbocycles. The fourth-order valence-corrected chi connectivity index (χ4v) is 2.37. The topological polar surface area (TPSA) is 54.6 Å². The fraction of sp³-hybridized carbons (Fsp3) is 0.444. The highest BCUT2D eigenvalue weighted by Crippen LogP contribution is 2.17. The van der Waals surface area contributed by atoms with Crippen LogP contribution in [0.25, 0.3) is 0 Å². The van der Waals surface area contributed by atoms with Gasteiger partial charge in [0.1, 0.15) is 23.4 Å². The van der Waals surface area contributed by atoms with E-state index in [1.807, 2.05) is 19.9 Å². The van der Waals surface area contributed by atoms with Crippen LogP contribution in [0, 0.1) is 6.92 Å². The summed E-state index contributed by atoms with van der Waals surface area (Å²) < 4.78 is 33.9. The van der Waals surface area contributed by atoms with Gasteiger partial charge in [0.25, 0.3) is 0 Å². The second-order valence-electron chi connectivity index (χ2n) is 5.83. The van der Waals surface area contributed by atoms with Crippen molar-refractivity contribution < 1.29 is 23.0 Å². The maximum Gasteiger partial charge on any atom is 0.387 e. The Morgan fingerprint density at radius 1 is 1.17 bits per heavy atom. The van der Waals surface area contributed by atoms with Gasteiger partial charge in [-0.1, -0.05) is 12.1 Å². The summed E-state index contributed by atoms with van der Waals surface area (Å²) in [4.78, 5) is 0. The molecule has 0 radical (unpaired) electrons. The van der Waals surface area contributed by atoms with E-state index in [0.29, 0.717) is 12.3 Å². The normalized spacial score (nSPS) is 13.9. The van der Waals surface area contributed by atoms with Crippen molar-refractivity contribution in [2.75, 3.05) is 6.54 Å². The van der Waals surface area contributed by atoms with Gasteiger partial charge in [-0.05, 0) is 56.5 Å². The summed E-state index contributed by atoms with van der Waals surface area (Å²) in [5.74, 6) is 1.50. The standard InChI is InChI=1S/C18H23F2NO3/c1-12(21-11-16(22)17-10-4-13(2)23-17)3-5-14-6-8-15(9-7-14)24-18(19)20/h4,6-10,12,16,18,21-22H,3,5,11H2,1-2H3. The van der Waals surface area contributed by atoms with Crippen LogP contribution in [0.3, 0.4) is 0 Å². The monoisotopic (exact) mass is 339 g/mol. The molecule has 0 spiro atoms. The van der Waals surface area contributed by atoms with Crippen molar-refractivity contribution in [2.45, 2.75) is 45.4 Å². The van der Waals surface area contributed by atoms with Gasteiger partial charge in [-0.25, -0.2) is 0 Å². The Bertz CT molecular complexity index is 613. The molecule has 0 saturated heterocycles. The minimum absolute atomic E-state index is 0.164. The first-order valence-corrected chi connectivity index (χ1v) is 7.95. The van der Waals surface area contributed by atoms with Crippen LogP contribution in [-0.2, 0) is 6.42 Å². The van der Waals surface area contributed by atoms with Crippen molar-refractivity contribution in [3.63, 3.8) is 0 Å². The van der Waals surface area contributed by atoms with E-state index in [9.17, 15) is 13.9 Å². The largest absolute Gasteiger partial charge is 0.464 e. The third-order valence-electron chi connectivity index (χ3n) is 3.76. The molecule has 24 heavy (non-hydrogen) atoms. The molecule has 0 bridgehead atoms. The van der Waals surface area contributed by atoms with Gasteiger partial charge in [0.05, 0.1) is 0 Å². The molecule has 2 N–H and O–H groups in total. The highest BCUT2D eigenvalue weighted by molar-refractivity contribution is 5.27. The number of aryl methyl sites for hydroxylation is 2. The van der Waals surface area contributed by atoms with Gasteiger partial charge in [-0.15, -0.1) is 0 Å². The van der Waals surface area contributed by atoms with Gasteiger partial charge >= 0.3 is 6.61 Å². The summed E-state index contributed by atoms with van der Waals surface area (Å²) in [6, 6.07) is 10.5. The van der Waals surface area contributed by atoms with Crippen molar-refractivity contribution in [2.24, 2.45) is 0 Å². The van der Waals surface area contributed by atoms with Crippen molar-refractivity contribution in [3.05, 3.63) is 53.5 Å². The van der Waals surface area contributed by atoms with E-state index >= 15 is 0 Å². The Labute approximate surface area is 140 Å². The second-order valence-corrected chi connectivity index (χ2v) is 5.83. The Morgan fingerprint density at radius 3 is 2.46 bits per heavy atom. The molecule has 2 unspecified atom stereocenters. The number of alkyl halides is 2. The molecule has 1 aromatic heterocycles. The van der Waals surface area contributed by atoms with E-state index < -0.39 is 12.7 Å². The van der Waals surface area contributed by atoms with Crippen LogP contribution < -0.4 is 10.1 Å². The van der Waals surface area contributed by atoms with Crippen LogP contribution in [0.4, 0.5) is 8.78 Å². The van der Waals surface area contributed by atoms with E-state index in [2.05, 4.69) is 10.1 Å².